The van der Waals surface area contributed by atoms with Crippen LogP contribution in [0.25, 0.3) is 27.7 Å². The van der Waals surface area contributed by atoms with Crippen molar-refractivity contribution in [3.8, 4) is 16.9 Å². The molecule has 0 spiro atoms. The smallest absolute Gasteiger partial charge is 0.248 e. The molecule has 0 saturated heterocycles. The summed E-state index contributed by atoms with van der Waals surface area (Å²) in [6.07, 6.45) is 3.03. The van der Waals surface area contributed by atoms with Gasteiger partial charge in [-0.05, 0) is 36.3 Å². The molecule has 0 saturated carbocycles. The average molecular weight is 419 g/mol. The molecule has 0 fully saturated rings. The highest BCUT2D eigenvalue weighted by atomic mass is 19.1. The Labute approximate surface area is 177 Å². The van der Waals surface area contributed by atoms with Crippen LogP contribution in [0.3, 0.4) is 0 Å². The zero-order chi connectivity index (χ0) is 22.0. The number of rotatable bonds is 5. The average Bonchev–Trinajstić information content (AvgIpc) is 3.18. The first-order chi connectivity index (χ1) is 15.0. The number of benzene rings is 3. The number of fused-ring (bicyclic) bond motifs is 1. The predicted octanol–water partition coefficient (Wildman–Crippen LogP) is 6.43. The van der Waals surface area contributed by atoms with E-state index in [1.54, 1.807) is 19.3 Å². The SMILES string of the molecule is COc1cc2occ(-c3ccccc3)c2cc1/C(C)=C/C(=O)Nc1ccc(F)cc1F. The van der Waals surface area contributed by atoms with E-state index in [0.717, 1.165) is 22.6 Å². The molecule has 1 heterocycles. The highest BCUT2D eigenvalue weighted by molar-refractivity contribution is 6.05. The largest absolute Gasteiger partial charge is 0.496 e. The Bertz CT molecular complexity index is 1290. The number of anilines is 1. The predicted molar refractivity (Wildman–Crippen MR) is 117 cm³/mol. The lowest BCUT2D eigenvalue weighted by Gasteiger charge is -2.10. The number of halogens is 2. The van der Waals surface area contributed by atoms with Crippen molar-refractivity contribution < 1.29 is 22.7 Å². The van der Waals surface area contributed by atoms with Gasteiger partial charge in [-0.25, -0.2) is 8.78 Å². The Balaban J connectivity index is 1.70. The lowest BCUT2D eigenvalue weighted by molar-refractivity contribution is -0.111. The molecule has 0 aliphatic carbocycles. The number of carbonyl (C=O) groups is 1. The molecule has 0 radical (unpaired) electrons. The van der Waals surface area contributed by atoms with E-state index in [1.165, 1.54) is 19.3 Å². The first kappa shape index (κ1) is 20.3. The number of ether oxygens (including phenoxy) is 1. The number of hydrogen-bond acceptors (Lipinski definition) is 3. The maximum atomic E-state index is 13.8. The molecule has 6 heteroatoms. The Morgan fingerprint density at radius 3 is 2.55 bits per heavy atom. The van der Waals surface area contributed by atoms with Gasteiger partial charge in [-0.2, -0.15) is 0 Å². The second-order valence-electron chi connectivity index (χ2n) is 7.00. The highest BCUT2D eigenvalue weighted by Crippen LogP contribution is 2.37. The van der Waals surface area contributed by atoms with Crippen LogP contribution >= 0.6 is 0 Å². The van der Waals surface area contributed by atoms with Crippen LogP contribution in [0.2, 0.25) is 0 Å². The molecule has 0 aliphatic heterocycles. The molecule has 0 bridgehead atoms. The van der Waals surface area contributed by atoms with Gasteiger partial charge in [0.15, 0.2) is 0 Å². The van der Waals surface area contributed by atoms with Crippen LogP contribution in [0.5, 0.6) is 5.75 Å². The molecule has 4 rings (SSSR count). The Morgan fingerprint density at radius 2 is 1.84 bits per heavy atom. The summed E-state index contributed by atoms with van der Waals surface area (Å²) >= 11 is 0. The number of methoxy groups -OCH3 is 1. The molecule has 0 atom stereocenters. The molecule has 4 nitrogen and oxygen atoms in total. The molecular weight excluding hydrogens is 400 g/mol. The van der Waals surface area contributed by atoms with Crippen LogP contribution in [0.1, 0.15) is 12.5 Å². The van der Waals surface area contributed by atoms with Crippen molar-refractivity contribution in [1.29, 1.82) is 0 Å². The summed E-state index contributed by atoms with van der Waals surface area (Å²) < 4.78 is 38.1. The van der Waals surface area contributed by atoms with Gasteiger partial charge < -0.3 is 14.5 Å². The van der Waals surface area contributed by atoms with Crippen molar-refractivity contribution in [2.24, 2.45) is 0 Å². The van der Waals surface area contributed by atoms with E-state index in [1.807, 2.05) is 36.4 Å². The molecule has 0 aliphatic rings. The van der Waals surface area contributed by atoms with E-state index in [4.69, 9.17) is 9.15 Å². The van der Waals surface area contributed by atoms with Gasteiger partial charge in [0.05, 0.1) is 19.1 Å². The van der Waals surface area contributed by atoms with E-state index in [0.29, 0.717) is 28.5 Å². The van der Waals surface area contributed by atoms with Gasteiger partial charge >= 0.3 is 0 Å². The van der Waals surface area contributed by atoms with Gasteiger partial charge in [0.1, 0.15) is 23.0 Å². The number of allylic oxidation sites excluding steroid dienone is 1. The standard InChI is InChI=1S/C25H19F2NO3/c1-15(10-25(29)28-22-9-8-17(26)11-21(22)27)18-12-19-20(16-6-4-3-5-7-16)14-31-24(19)13-23(18)30-2/h3-14H,1-2H3,(H,28,29)/b15-10+. The fourth-order valence-corrected chi connectivity index (χ4v) is 3.41. The van der Waals surface area contributed by atoms with E-state index in [2.05, 4.69) is 5.32 Å². The lowest BCUT2D eigenvalue weighted by atomic mass is 9.99. The minimum Gasteiger partial charge on any atom is -0.496 e. The van der Waals surface area contributed by atoms with E-state index >= 15 is 0 Å². The summed E-state index contributed by atoms with van der Waals surface area (Å²) in [6.45, 7) is 1.76. The zero-order valence-electron chi connectivity index (χ0n) is 16.9. The summed E-state index contributed by atoms with van der Waals surface area (Å²) in [7, 11) is 1.53. The summed E-state index contributed by atoms with van der Waals surface area (Å²) in [5, 5.41) is 3.30. The number of hydrogen-bond donors (Lipinski definition) is 1. The van der Waals surface area contributed by atoms with Crippen molar-refractivity contribution in [2.75, 3.05) is 12.4 Å². The van der Waals surface area contributed by atoms with Gasteiger partial charge in [0.2, 0.25) is 5.91 Å². The molecule has 1 aromatic heterocycles. The van der Waals surface area contributed by atoms with Gasteiger partial charge in [-0.3, -0.25) is 4.79 Å². The van der Waals surface area contributed by atoms with Gasteiger partial charge in [-0.1, -0.05) is 30.3 Å². The van der Waals surface area contributed by atoms with Gasteiger partial charge in [-0.15, -0.1) is 0 Å². The third-order valence-corrected chi connectivity index (χ3v) is 4.94. The van der Waals surface area contributed by atoms with Gasteiger partial charge in [0.25, 0.3) is 0 Å². The number of amides is 1. The summed E-state index contributed by atoms with van der Waals surface area (Å²) in [5.74, 6) is -1.56. The Morgan fingerprint density at radius 1 is 1.06 bits per heavy atom. The third-order valence-electron chi connectivity index (χ3n) is 4.94. The minimum atomic E-state index is -0.843. The van der Waals surface area contributed by atoms with Crippen LogP contribution in [-0.2, 0) is 4.79 Å². The molecule has 4 aromatic rings. The lowest BCUT2D eigenvalue weighted by Crippen LogP contribution is -2.10. The molecule has 1 N–H and O–H groups in total. The Kier molecular flexibility index (Phi) is 5.54. The van der Waals surface area contributed by atoms with E-state index < -0.39 is 17.5 Å². The number of nitrogens with one attached hydrogen (secondary N) is 1. The van der Waals surface area contributed by atoms with E-state index in [-0.39, 0.29) is 5.69 Å². The van der Waals surface area contributed by atoms with Crippen LogP contribution in [-0.4, -0.2) is 13.0 Å². The maximum Gasteiger partial charge on any atom is 0.248 e. The molecule has 1 amide bonds. The molecule has 0 unspecified atom stereocenters. The fraction of sp³-hybridized carbons (Fsp3) is 0.0800. The topological polar surface area (TPSA) is 51.5 Å². The molecule has 31 heavy (non-hydrogen) atoms. The van der Waals surface area contributed by atoms with Gasteiger partial charge in [0, 0.05) is 34.7 Å². The number of furan rings is 1. The minimum absolute atomic E-state index is 0.0981. The quantitative estimate of drug-likeness (QED) is 0.379. The van der Waals surface area contributed by atoms with Crippen LogP contribution in [0, 0.1) is 11.6 Å². The number of carbonyl (C=O) groups excluding carboxylic acids is 1. The van der Waals surface area contributed by atoms with Crippen molar-refractivity contribution in [3.63, 3.8) is 0 Å². The molecular formula is C25H19F2NO3. The summed E-state index contributed by atoms with van der Waals surface area (Å²) in [6, 6.07) is 16.5. The second-order valence-corrected chi connectivity index (χ2v) is 7.00. The first-order valence-corrected chi connectivity index (χ1v) is 9.55. The van der Waals surface area contributed by atoms with Crippen LogP contribution in [0.15, 0.2) is 77.4 Å². The monoisotopic (exact) mass is 419 g/mol. The normalized spacial score (nSPS) is 11.5. The maximum absolute atomic E-state index is 13.8. The van der Waals surface area contributed by atoms with Crippen molar-refractivity contribution >= 4 is 28.1 Å². The fourth-order valence-electron chi connectivity index (χ4n) is 3.41. The van der Waals surface area contributed by atoms with Crippen molar-refractivity contribution in [2.45, 2.75) is 6.92 Å². The second kappa shape index (κ2) is 8.44. The Hall–Kier alpha value is -3.93. The molecule has 156 valence electrons. The summed E-state index contributed by atoms with van der Waals surface area (Å²) in [4.78, 5) is 12.4. The van der Waals surface area contributed by atoms with E-state index in [9.17, 15) is 13.6 Å². The van der Waals surface area contributed by atoms with Crippen LogP contribution in [0.4, 0.5) is 14.5 Å². The van der Waals surface area contributed by atoms with Crippen molar-refractivity contribution in [1.82, 2.24) is 0 Å². The molecule has 3 aromatic carbocycles. The summed E-state index contributed by atoms with van der Waals surface area (Å²) in [5.41, 5.74) is 3.79. The van der Waals surface area contributed by atoms with Crippen molar-refractivity contribution in [3.05, 3.63) is 90.2 Å². The first-order valence-electron chi connectivity index (χ1n) is 9.55. The highest BCUT2D eigenvalue weighted by Gasteiger charge is 2.15. The van der Waals surface area contributed by atoms with Crippen LogP contribution < -0.4 is 10.1 Å². The zero-order valence-corrected chi connectivity index (χ0v) is 16.9. The third kappa shape index (κ3) is 4.19.